The van der Waals surface area contributed by atoms with E-state index >= 15 is 0 Å². The standard InChI is InChI=1S/3CH3.ClH.Sn/h3*1H3;1H;. The fourth-order valence-electron chi connectivity index (χ4n) is 0. The third-order valence-corrected chi connectivity index (χ3v) is 0. The summed E-state index contributed by atoms with van der Waals surface area (Å²) < 4.78 is 0. The van der Waals surface area contributed by atoms with E-state index in [2.05, 4.69) is 14.8 Å². The van der Waals surface area contributed by atoms with Crippen molar-refractivity contribution in [2.75, 3.05) is 0 Å². The van der Waals surface area contributed by atoms with Gasteiger partial charge in [-0.25, -0.2) is 0 Å². The van der Waals surface area contributed by atoms with Crippen LogP contribution in [0.3, 0.4) is 0 Å². The van der Waals surface area contributed by atoms with Gasteiger partial charge in [0.2, 0.25) is 0 Å². The molecule has 0 amide bonds. The molecule has 5 heavy (non-hydrogen) atoms. The summed E-state index contributed by atoms with van der Waals surface area (Å²) in [5, 5.41) is 0. The molecular weight excluding hydrogens is 190 g/mol. The molecule has 0 aliphatic rings. The molecule has 0 aromatic rings. The van der Waals surface area contributed by atoms with Crippen LogP contribution >= 0.6 is 12.4 Å². The van der Waals surface area contributed by atoms with Gasteiger partial charge in [-0.3, -0.25) is 0 Å². The van der Waals surface area contributed by atoms with Crippen molar-refractivity contribution in [1.82, 2.24) is 0 Å². The van der Waals surface area contributed by atoms with Gasteiger partial charge in [0.1, 0.15) is 0 Å². The van der Waals surface area contributed by atoms with Gasteiger partial charge in [0, 0.05) is 0 Å². The Labute approximate surface area is 47.1 Å². The fraction of sp³-hybridized carbons (Fsp3) is 1.00. The van der Waals surface area contributed by atoms with Gasteiger partial charge in [0.25, 0.3) is 0 Å². The normalized spacial score (nSPS) is 7.20. The molecule has 0 aliphatic heterocycles. The first-order chi connectivity index (χ1) is 1.73. The van der Waals surface area contributed by atoms with Gasteiger partial charge >= 0.3 is 34.6 Å². The molecule has 0 bridgehead atoms. The number of hydrogen-bond donors (Lipinski definition) is 0. The monoisotopic (exact) mass is 201 g/mol. The second-order valence-corrected chi connectivity index (χ2v) is 10.1. The van der Waals surface area contributed by atoms with Gasteiger partial charge in [-0.15, -0.1) is 12.4 Å². The zero-order valence-corrected chi connectivity index (χ0v) is 7.58. The number of rotatable bonds is 0. The molecule has 0 rings (SSSR count). The molecule has 0 aromatic carbocycles. The van der Waals surface area contributed by atoms with E-state index in [1.54, 1.807) is 0 Å². The molecule has 0 fully saturated rings. The van der Waals surface area contributed by atoms with Crippen molar-refractivity contribution in [2.24, 2.45) is 0 Å². The quantitative estimate of drug-likeness (QED) is 0.523. The zero-order chi connectivity index (χ0) is 3.58. The van der Waals surface area contributed by atoms with Crippen molar-refractivity contribution in [3.8, 4) is 0 Å². The van der Waals surface area contributed by atoms with Crippen molar-refractivity contribution < 1.29 is 0 Å². The molecule has 0 saturated heterocycles. The van der Waals surface area contributed by atoms with Crippen molar-refractivity contribution >= 4 is 32.2 Å². The first-order valence-corrected chi connectivity index (χ1v) is 10.1. The fourth-order valence-corrected chi connectivity index (χ4v) is 0. The minimum atomic E-state index is -0.543. The van der Waals surface area contributed by atoms with Crippen LogP contribution in [0.15, 0.2) is 0 Å². The van der Waals surface area contributed by atoms with E-state index in [4.69, 9.17) is 0 Å². The van der Waals surface area contributed by atoms with E-state index in [1.165, 1.54) is 0 Å². The van der Waals surface area contributed by atoms with E-state index in [0.717, 1.165) is 0 Å². The third kappa shape index (κ3) is 41.0. The van der Waals surface area contributed by atoms with Crippen LogP contribution in [0.2, 0.25) is 14.8 Å². The van der Waals surface area contributed by atoms with E-state index in [0.29, 0.717) is 0 Å². The number of hydrogen-bond acceptors (Lipinski definition) is 0. The Morgan fingerprint density at radius 1 is 1.00 bits per heavy atom. The maximum absolute atomic E-state index is 2.36. The predicted molar refractivity (Wildman–Crippen MR) is 30.6 cm³/mol. The molecule has 2 heteroatoms. The van der Waals surface area contributed by atoms with Crippen molar-refractivity contribution in [3.05, 3.63) is 0 Å². The molecule has 1 radical (unpaired) electrons. The Hall–Kier alpha value is 1.09. The van der Waals surface area contributed by atoms with Crippen LogP contribution in [0.1, 0.15) is 0 Å². The van der Waals surface area contributed by atoms with Gasteiger partial charge in [-0.2, -0.15) is 0 Å². The van der Waals surface area contributed by atoms with Crippen LogP contribution in [-0.4, -0.2) is 19.8 Å². The molecule has 0 unspecified atom stereocenters. The second-order valence-electron chi connectivity index (χ2n) is 1.50. The molecule has 0 aromatic heterocycles. The van der Waals surface area contributed by atoms with Gasteiger partial charge in [-0.1, -0.05) is 0 Å². The van der Waals surface area contributed by atoms with Crippen LogP contribution in [0.25, 0.3) is 0 Å². The van der Waals surface area contributed by atoms with E-state index in [1.807, 2.05) is 0 Å². The summed E-state index contributed by atoms with van der Waals surface area (Å²) >= 11 is -0.543. The van der Waals surface area contributed by atoms with Gasteiger partial charge in [-0.05, 0) is 0 Å². The van der Waals surface area contributed by atoms with E-state index in [9.17, 15) is 0 Å². The summed E-state index contributed by atoms with van der Waals surface area (Å²) in [4.78, 5) is 7.09. The van der Waals surface area contributed by atoms with Gasteiger partial charge in [0.05, 0.1) is 0 Å². The summed E-state index contributed by atoms with van der Waals surface area (Å²) in [7, 11) is 0. The van der Waals surface area contributed by atoms with Crippen molar-refractivity contribution in [2.45, 2.75) is 14.8 Å². The average molecular weight is 200 g/mol. The van der Waals surface area contributed by atoms with Crippen LogP contribution < -0.4 is 0 Å². The summed E-state index contributed by atoms with van der Waals surface area (Å²) in [6, 6.07) is 0. The summed E-state index contributed by atoms with van der Waals surface area (Å²) in [5.74, 6) is 0. The third-order valence-electron chi connectivity index (χ3n) is 0. The maximum atomic E-state index is 2.36. The Kier molecular flexibility index (Phi) is 9.60. The summed E-state index contributed by atoms with van der Waals surface area (Å²) in [6.07, 6.45) is 0. The van der Waals surface area contributed by atoms with E-state index < -0.39 is 19.8 Å². The van der Waals surface area contributed by atoms with Crippen LogP contribution in [-0.2, 0) is 0 Å². The summed E-state index contributed by atoms with van der Waals surface area (Å²) in [5.41, 5.74) is 0. The molecule has 0 saturated carbocycles. The first kappa shape index (κ1) is 9.43. The Bertz CT molecular complexity index is 11.6. The van der Waals surface area contributed by atoms with Crippen LogP contribution in [0.5, 0.6) is 0 Å². The molecule has 0 spiro atoms. The molecule has 0 atom stereocenters. The van der Waals surface area contributed by atoms with Crippen molar-refractivity contribution in [3.63, 3.8) is 0 Å². The Morgan fingerprint density at radius 3 is 1.00 bits per heavy atom. The van der Waals surface area contributed by atoms with Crippen molar-refractivity contribution in [1.29, 1.82) is 0 Å². The molecule has 0 N–H and O–H groups in total. The zero-order valence-electron chi connectivity index (χ0n) is 3.91. The van der Waals surface area contributed by atoms with Gasteiger partial charge < -0.3 is 0 Å². The Balaban J connectivity index is 0. The topological polar surface area (TPSA) is 0 Å². The molecule has 33 valence electrons. The van der Waals surface area contributed by atoms with Gasteiger partial charge in [0.15, 0.2) is 0 Å². The molecule has 0 heterocycles. The minimum absolute atomic E-state index is 0. The summed E-state index contributed by atoms with van der Waals surface area (Å²) in [6.45, 7) is 0. The first-order valence-electron chi connectivity index (χ1n) is 1.50. The molecule has 0 nitrogen and oxygen atoms in total. The second kappa shape index (κ2) is 5.09. The number of halogens is 1. The Morgan fingerprint density at radius 2 is 1.00 bits per heavy atom. The predicted octanol–water partition coefficient (Wildman–Crippen LogP) is 1.79. The van der Waals surface area contributed by atoms with Crippen LogP contribution in [0, 0.1) is 0 Å². The molecule has 0 aliphatic carbocycles. The van der Waals surface area contributed by atoms with E-state index in [-0.39, 0.29) is 12.4 Å². The average Bonchev–Trinajstić information content (AvgIpc) is 0.811. The SMILES string of the molecule is Cl.[CH3][Sn]([CH3])[CH3]. The molecular formula is C3H10ClSn. The van der Waals surface area contributed by atoms with Crippen LogP contribution in [0.4, 0.5) is 0 Å².